The largest absolute Gasteiger partial charge is 0.340 e. The summed E-state index contributed by atoms with van der Waals surface area (Å²) in [6, 6.07) is 2.25. The van der Waals surface area contributed by atoms with Gasteiger partial charge in [-0.1, -0.05) is 12.1 Å². The van der Waals surface area contributed by atoms with Crippen LogP contribution >= 0.6 is 0 Å². The molecule has 0 amide bonds. The van der Waals surface area contributed by atoms with E-state index in [-0.39, 0.29) is 0 Å². The van der Waals surface area contributed by atoms with Gasteiger partial charge in [-0.25, -0.2) is 0 Å². The van der Waals surface area contributed by atoms with Gasteiger partial charge in [-0.2, -0.15) is 4.98 Å². The number of hydrogen-bond donors (Lipinski definition) is 1. The Morgan fingerprint density at radius 3 is 2.63 bits per heavy atom. The molecule has 106 valence electrons. The van der Waals surface area contributed by atoms with Crippen molar-refractivity contribution in [2.75, 3.05) is 13.1 Å². The van der Waals surface area contributed by atoms with Crippen molar-refractivity contribution in [3.63, 3.8) is 0 Å². The van der Waals surface area contributed by atoms with Crippen molar-refractivity contribution in [3.8, 4) is 0 Å². The molecule has 1 aromatic rings. The molecule has 1 aromatic heterocycles. The molecule has 0 aliphatic carbocycles. The van der Waals surface area contributed by atoms with E-state index in [1.807, 2.05) is 6.92 Å². The predicted molar refractivity (Wildman–Crippen MR) is 73.0 cm³/mol. The predicted octanol–water partition coefficient (Wildman–Crippen LogP) is 1.53. The molecule has 2 saturated heterocycles. The van der Waals surface area contributed by atoms with Crippen molar-refractivity contribution in [1.29, 1.82) is 0 Å². The molecule has 5 heteroatoms. The number of aryl methyl sites for hydroxylation is 1. The molecule has 1 N–H and O–H groups in total. The van der Waals surface area contributed by atoms with Gasteiger partial charge in [0.25, 0.3) is 0 Å². The zero-order valence-corrected chi connectivity index (χ0v) is 11.9. The first kappa shape index (κ1) is 13.1. The van der Waals surface area contributed by atoms with Crippen molar-refractivity contribution in [2.24, 2.45) is 0 Å². The lowest BCUT2D eigenvalue weighted by molar-refractivity contribution is 0.118. The highest BCUT2D eigenvalue weighted by Crippen LogP contribution is 2.35. The van der Waals surface area contributed by atoms with Crippen LogP contribution < -0.4 is 5.32 Å². The Kier molecular flexibility index (Phi) is 3.84. The van der Waals surface area contributed by atoms with E-state index in [1.165, 1.54) is 25.7 Å². The summed E-state index contributed by atoms with van der Waals surface area (Å²) in [5, 5.41) is 7.61. The third-order valence-corrected chi connectivity index (χ3v) is 4.54. The van der Waals surface area contributed by atoms with E-state index in [0.29, 0.717) is 5.89 Å². The van der Waals surface area contributed by atoms with Crippen molar-refractivity contribution >= 4 is 0 Å². The van der Waals surface area contributed by atoms with Gasteiger partial charge >= 0.3 is 0 Å². The number of hydrogen-bond acceptors (Lipinski definition) is 5. The quantitative estimate of drug-likeness (QED) is 0.874. The minimum Gasteiger partial charge on any atom is -0.340 e. The van der Waals surface area contributed by atoms with Crippen LogP contribution in [0.25, 0.3) is 0 Å². The van der Waals surface area contributed by atoms with Crippen molar-refractivity contribution in [2.45, 2.75) is 64.1 Å². The van der Waals surface area contributed by atoms with E-state index < -0.39 is 0 Å². The van der Waals surface area contributed by atoms with Crippen molar-refractivity contribution in [3.05, 3.63) is 11.7 Å². The van der Waals surface area contributed by atoms with E-state index in [9.17, 15) is 0 Å². The standard InChI is InChI=1S/C14H24N4O/c1-3-15-11-8-12-4-5-13(9-11)18(12)7-6-14-16-10(2)19-17-14/h11-13,15H,3-9H2,1-2H3. The maximum atomic E-state index is 5.03. The summed E-state index contributed by atoms with van der Waals surface area (Å²) in [5.41, 5.74) is 0. The number of piperidine rings is 1. The van der Waals surface area contributed by atoms with Gasteiger partial charge in [-0.15, -0.1) is 0 Å². The van der Waals surface area contributed by atoms with Crippen LogP contribution in [0, 0.1) is 6.92 Å². The van der Waals surface area contributed by atoms with Crippen LogP contribution in [-0.4, -0.2) is 46.3 Å². The normalized spacial score (nSPS) is 30.9. The van der Waals surface area contributed by atoms with Gasteiger partial charge in [0.15, 0.2) is 5.82 Å². The Morgan fingerprint density at radius 2 is 2.05 bits per heavy atom. The Hall–Kier alpha value is -0.940. The van der Waals surface area contributed by atoms with Gasteiger partial charge < -0.3 is 9.84 Å². The second-order valence-corrected chi connectivity index (χ2v) is 5.83. The Bertz CT molecular complexity index is 405. The van der Waals surface area contributed by atoms with Crippen LogP contribution in [-0.2, 0) is 6.42 Å². The van der Waals surface area contributed by atoms with E-state index in [2.05, 4.69) is 27.3 Å². The molecule has 0 spiro atoms. The molecule has 2 bridgehead atoms. The summed E-state index contributed by atoms with van der Waals surface area (Å²) < 4.78 is 5.03. The number of nitrogens with one attached hydrogen (secondary N) is 1. The first-order chi connectivity index (χ1) is 9.26. The van der Waals surface area contributed by atoms with Gasteiger partial charge in [-0.05, 0) is 32.2 Å². The highest BCUT2D eigenvalue weighted by Gasteiger charge is 2.39. The molecular formula is C14H24N4O. The maximum absolute atomic E-state index is 5.03. The molecule has 0 radical (unpaired) electrons. The van der Waals surface area contributed by atoms with E-state index in [4.69, 9.17) is 4.52 Å². The molecule has 2 unspecified atom stereocenters. The lowest BCUT2D eigenvalue weighted by Crippen LogP contribution is -2.49. The SMILES string of the molecule is CCNC1CC2CCC(C1)N2CCc1noc(C)n1. The molecule has 3 rings (SSSR count). The molecule has 2 aliphatic rings. The Morgan fingerprint density at radius 1 is 1.32 bits per heavy atom. The number of nitrogens with zero attached hydrogens (tertiary/aromatic N) is 3. The second kappa shape index (κ2) is 5.59. The average Bonchev–Trinajstić information content (AvgIpc) is 2.89. The molecule has 2 fully saturated rings. The van der Waals surface area contributed by atoms with Crippen LogP contribution in [0.3, 0.4) is 0 Å². The summed E-state index contributed by atoms with van der Waals surface area (Å²) in [6.45, 7) is 6.22. The van der Waals surface area contributed by atoms with Gasteiger partial charge in [0.2, 0.25) is 5.89 Å². The Balaban J connectivity index is 1.55. The maximum Gasteiger partial charge on any atom is 0.223 e. The molecule has 0 aromatic carbocycles. The fourth-order valence-electron chi connectivity index (χ4n) is 3.77. The lowest BCUT2D eigenvalue weighted by atomic mass is 9.97. The summed E-state index contributed by atoms with van der Waals surface area (Å²) >= 11 is 0. The Labute approximate surface area is 114 Å². The summed E-state index contributed by atoms with van der Waals surface area (Å²) in [7, 11) is 0. The van der Waals surface area contributed by atoms with E-state index in [0.717, 1.165) is 43.5 Å². The van der Waals surface area contributed by atoms with E-state index in [1.54, 1.807) is 0 Å². The van der Waals surface area contributed by atoms with Crippen LogP contribution in [0.15, 0.2) is 4.52 Å². The molecule has 2 atom stereocenters. The summed E-state index contributed by atoms with van der Waals surface area (Å²) in [5.74, 6) is 1.52. The monoisotopic (exact) mass is 264 g/mol. The molecular weight excluding hydrogens is 240 g/mol. The number of aromatic nitrogens is 2. The molecule has 0 saturated carbocycles. The van der Waals surface area contributed by atoms with Gasteiger partial charge in [0, 0.05) is 38.0 Å². The van der Waals surface area contributed by atoms with Crippen LogP contribution in [0.1, 0.15) is 44.3 Å². The van der Waals surface area contributed by atoms with Crippen LogP contribution in [0.2, 0.25) is 0 Å². The second-order valence-electron chi connectivity index (χ2n) is 5.83. The average molecular weight is 264 g/mol. The van der Waals surface area contributed by atoms with Crippen molar-refractivity contribution in [1.82, 2.24) is 20.4 Å². The minimum absolute atomic E-state index is 0.670. The third kappa shape index (κ3) is 2.82. The zero-order chi connectivity index (χ0) is 13.2. The van der Waals surface area contributed by atoms with Crippen molar-refractivity contribution < 1.29 is 4.52 Å². The van der Waals surface area contributed by atoms with E-state index >= 15 is 0 Å². The highest BCUT2D eigenvalue weighted by atomic mass is 16.5. The lowest BCUT2D eigenvalue weighted by Gasteiger charge is -2.39. The van der Waals surface area contributed by atoms with Crippen LogP contribution in [0.5, 0.6) is 0 Å². The fraction of sp³-hybridized carbons (Fsp3) is 0.857. The first-order valence-corrected chi connectivity index (χ1v) is 7.54. The van der Waals surface area contributed by atoms with Gasteiger partial charge in [0.05, 0.1) is 0 Å². The molecule has 5 nitrogen and oxygen atoms in total. The number of rotatable bonds is 5. The topological polar surface area (TPSA) is 54.2 Å². The summed E-state index contributed by atoms with van der Waals surface area (Å²) in [4.78, 5) is 6.97. The minimum atomic E-state index is 0.670. The van der Waals surface area contributed by atoms with Gasteiger partial charge in [-0.3, -0.25) is 4.90 Å². The zero-order valence-electron chi connectivity index (χ0n) is 11.9. The highest BCUT2D eigenvalue weighted by molar-refractivity contribution is 4.98. The molecule has 2 aliphatic heterocycles. The van der Waals surface area contributed by atoms with Crippen LogP contribution in [0.4, 0.5) is 0 Å². The summed E-state index contributed by atoms with van der Waals surface area (Å²) in [6.07, 6.45) is 6.23. The number of fused-ring (bicyclic) bond motifs is 2. The fourth-order valence-corrected chi connectivity index (χ4v) is 3.77. The van der Waals surface area contributed by atoms with Gasteiger partial charge in [0.1, 0.15) is 0 Å². The molecule has 3 heterocycles. The first-order valence-electron chi connectivity index (χ1n) is 7.54. The molecule has 19 heavy (non-hydrogen) atoms. The smallest absolute Gasteiger partial charge is 0.223 e. The third-order valence-electron chi connectivity index (χ3n) is 4.54.